The molecule has 0 aliphatic rings. The minimum atomic E-state index is -0.385. The number of hydrogen-bond donors (Lipinski definition) is 1. The average Bonchev–Trinajstić information content (AvgIpc) is 2.30. The van der Waals surface area contributed by atoms with Gasteiger partial charge in [0.2, 0.25) is 0 Å². The Morgan fingerprint density at radius 1 is 1.32 bits per heavy atom. The molecule has 0 amide bonds. The van der Waals surface area contributed by atoms with Crippen molar-refractivity contribution in [1.29, 1.82) is 0 Å². The van der Waals surface area contributed by atoms with Crippen LogP contribution in [0.3, 0.4) is 0 Å². The van der Waals surface area contributed by atoms with Crippen molar-refractivity contribution in [2.75, 3.05) is 12.3 Å². The van der Waals surface area contributed by atoms with Crippen LogP contribution in [0.2, 0.25) is 0 Å². The molecule has 0 fully saturated rings. The second kappa shape index (κ2) is 7.02. The lowest BCUT2D eigenvalue weighted by Gasteiger charge is -2.17. The molecule has 0 radical (unpaired) electrons. The van der Waals surface area contributed by atoms with E-state index in [0.29, 0.717) is 29.5 Å². The third-order valence-electron chi connectivity index (χ3n) is 2.67. The van der Waals surface area contributed by atoms with Gasteiger partial charge in [0.25, 0.3) is 0 Å². The van der Waals surface area contributed by atoms with E-state index in [1.165, 1.54) is 0 Å². The van der Waals surface area contributed by atoms with Gasteiger partial charge in [-0.3, -0.25) is 0 Å². The third-order valence-corrected chi connectivity index (χ3v) is 2.67. The van der Waals surface area contributed by atoms with Gasteiger partial charge in [-0.25, -0.2) is 4.79 Å². The maximum absolute atomic E-state index is 12.1. The number of esters is 1. The fourth-order valence-electron chi connectivity index (χ4n) is 1.98. The maximum Gasteiger partial charge on any atom is 0.342 e. The van der Waals surface area contributed by atoms with E-state index in [-0.39, 0.29) is 12.1 Å². The smallest absolute Gasteiger partial charge is 0.342 e. The van der Waals surface area contributed by atoms with E-state index in [4.69, 9.17) is 15.2 Å². The lowest BCUT2D eigenvalue weighted by molar-refractivity contribution is 0.0296. The number of rotatable bonds is 6. The number of ether oxygens (including phenoxy) is 2. The van der Waals surface area contributed by atoms with Crippen LogP contribution in [0.25, 0.3) is 0 Å². The monoisotopic (exact) mass is 265 g/mol. The first kappa shape index (κ1) is 15.3. The molecule has 0 heterocycles. The summed E-state index contributed by atoms with van der Waals surface area (Å²) in [5, 5.41) is 0. The van der Waals surface area contributed by atoms with Gasteiger partial charge in [-0.15, -0.1) is 0 Å². The lowest BCUT2D eigenvalue weighted by atomic mass is 10.1. The number of hydrogen-bond acceptors (Lipinski definition) is 4. The summed E-state index contributed by atoms with van der Waals surface area (Å²) in [6, 6.07) is 5.10. The van der Waals surface area contributed by atoms with Gasteiger partial charge in [0.05, 0.1) is 18.4 Å². The van der Waals surface area contributed by atoms with E-state index in [1.54, 1.807) is 18.2 Å². The number of para-hydroxylation sites is 1. The summed E-state index contributed by atoms with van der Waals surface area (Å²) in [7, 11) is 0. The summed E-state index contributed by atoms with van der Waals surface area (Å²) < 4.78 is 10.8. The average molecular weight is 265 g/mol. The number of anilines is 1. The normalized spacial score (nSPS) is 12.3. The summed E-state index contributed by atoms with van der Waals surface area (Å²) in [4.78, 5) is 12.1. The van der Waals surface area contributed by atoms with Crippen molar-refractivity contribution in [3.8, 4) is 5.75 Å². The van der Waals surface area contributed by atoms with Crippen LogP contribution >= 0.6 is 0 Å². The Hall–Kier alpha value is -1.71. The van der Waals surface area contributed by atoms with Crippen molar-refractivity contribution in [2.45, 2.75) is 40.2 Å². The minimum Gasteiger partial charge on any atom is -0.491 e. The Labute approximate surface area is 114 Å². The van der Waals surface area contributed by atoms with Crippen molar-refractivity contribution in [3.63, 3.8) is 0 Å². The topological polar surface area (TPSA) is 61.5 Å². The highest BCUT2D eigenvalue weighted by Crippen LogP contribution is 2.27. The number of carbonyl (C=O) groups is 1. The highest BCUT2D eigenvalue weighted by Gasteiger charge is 2.19. The van der Waals surface area contributed by atoms with Crippen LogP contribution in [-0.4, -0.2) is 18.7 Å². The molecule has 2 N–H and O–H groups in total. The molecule has 0 saturated heterocycles. The van der Waals surface area contributed by atoms with Crippen molar-refractivity contribution < 1.29 is 14.3 Å². The number of carbonyl (C=O) groups excluding carboxylic acids is 1. The summed E-state index contributed by atoms with van der Waals surface area (Å²) >= 11 is 0. The van der Waals surface area contributed by atoms with E-state index in [1.807, 2.05) is 13.8 Å². The van der Waals surface area contributed by atoms with Crippen molar-refractivity contribution in [2.24, 2.45) is 5.92 Å². The first-order valence-electron chi connectivity index (χ1n) is 6.68. The molecule has 4 nitrogen and oxygen atoms in total. The van der Waals surface area contributed by atoms with Crippen LogP contribution in [0, 0.1) is 5.92 Å². The zero-order valence-corrected chi connectivity index (χ0v) is 12.1. The molecule has 1 rings (SSSR count). The SMILES string of the molecule is CCOc1c(N)cccc1C(=O)OC(C)CC(C)C. The van der Waals surface area contributed by atoms with Gasteiger partial charge < -0.3 is 15.2 Å². The van der Waals surface area contributed by atoms with Crippen LogP contribution < -0.4 is 10.5 Å². The fraction of sp³-hybridized carbons (Fsp3) is 0.533. The molecule has 19 heavy (non-hydrogen) atoms. The van der Waals surface area contributed by atoms with Gasteiger partial charge >= 0.3 is 5.97 Å². The Morgan fingerprint density at radius 2 is 2.00 bits per heavy atom. The fourth-order valence-corrected chi connectivity index (χ4v) is 1.98. The first-order chi connectivity index (χ1) is 8.95. The molecule has 0 bridgehead atoms. The van der Waals surface area contributed by atoms with Crippen LogP contribution in [0.4, 0.5) is 5.69 Å². The lowest BCUT2D eigenvalue weighted by Crippen LogP contribution is -2.18. The van der Waals surface area contributed by atoms with Gasteiger partial charge in [-0.1, -0.05) is 19.9 Å². The minimum absolute atomic E-state index is 0.122. The van der Waals surface area contributed by atoms with Crippen LogP contribution in [0.5, 0.6) is 5.75 Å². The highest BCUT2D eigenvalue weighted by atomic mass is 16.5. The van der Waals surface area contributed by atoms with E-state index in [0.717, 1.165) is 6.42 Å². The molecule has 1 unspecified atom stereocenters. The highest BCUT2D eigenvalue weighted by molar-refractivity contribution is 5.94. The molecule has 1 aromatic carbocycles. The van der Waals surface area contributed by atoms with Crippen LogP contribution in [0.15, 0.2) is 18.2 Å². The predicted octanol–water partition coefficient (Wildman–Crippen LogP) is 3.26. The van der Waals surface area contributed by atoms with E-state index >= 15 is 0 Å². The summed E-state index contributed by atoms with van der Waals surface area (Å²) in [5.74, 6) is 0.505. The predicted molar refractivity (Wildman–Crippen MR) is 76.4 cm³/mol. The van der Waals surface area contributed by atoms with Crippen LogP contribution in [-0.2, 0) is 4.74 Å². The number of benzene rings is 1. The van der Waals surface area contributed by atoms with Gasteiger partial charge in [0.1, 0.15) is 5.56 Å². The molecule has 0 aromatic heterocycles. The zero-order chi connectivity index (χ0) is 14.4. The van der Waals surface area contributed by atoms with E-state index in [9.17, 15) is 4.79 Å². The quantitative estimate of drug-likeness (QED) is 0.633. The Bertz CT molecular complexity index is 429. The second-order valence-corrected chi connectivity index (χ2v) is 5.00. The molecular formula is C15H23NO3. The molecule has 1 aromatic rings. The molecule has 0 saturated carbocycles. The Kier molecular flexibility index (Phi) is 5.67. The van der Waals surface area contributed by atoms with Gasteiger partial charge in [0.15, 0.2) is 5.75 Å². The molecule has 0 aliphatic carbocycles. The van der Waals surface area contributed by atoms with Gasteiger partial charge in [0, 0.05) is 0 Å². The summed E-state index contributed by atoms with van der Waals surface area (Å²) in [6.07, 6.45) is 0.710. The van der Waals surface area contributed by atoms with E-state index in [2.05, 4.69) is 13.8 Å². The molecule has 0 aliphatic heterocycles. The second-order valence-electron chi connectivity index (χ2n) is 5.00. The third kappa shape index (κ3) is 4.47. The van der Waals surface area contributed by atoms with Crippen LogP contribution in [0.1, 0.15) is 44.5 Å². The largest absolute Gasteiger partial charge is 0.491 e. The van der Waals surface area contributed by atoms with E-state index < -0.39 is 0 Å². The Morgan fingerprint density at radius 3 is 2.58 bits per heavy atom. The summed E-state index contributed by atoms with van der Waals surface area (Å²) in [5.41, 5.74) is 6.66. The Balaban J connectivity index is 2.84. The number of nitrogen functional groups attached to an aromatic ring is 1. The molecule has 1 atom stereocenters. The molecule has 106 valence electrons. The van der Waals surface area contributed by atoms with Gasteiger partial charge in [-0.05, 0) is 38.3 Å². The van der Waals surface area contributed by atoms with Crippen molar-refractivity contribution >= 4 is 11.7 Å². The van der Waals surface area contributed by atoms with Crippen molar-refractivity contribution in [1.82, 2.24) is 0 Å². The first-order valence-corrected chi connectivity index (χ1v) is 6.68. The maximum atomic E-state index is 12.1. The molecule has 0 spiro atoms. The van der Waals surface area contributed by atoms with Crippen molar-refractivity contribution in [3.05, 3.63) is 23.8 Å². The number of nitrogens with two attached hydrogens (primary N) is 1. The standard InChI is InChI=1S/C15H23NO3/c1-5-18-14-12(7-6-8-13(14)16)15(17)19-11(4)9-10(2)3/h6-8,10-11H,5,9,16H2,1-4H3. The molecular weight excluding hydrogens is 242 g/mol. The summed E-state index contributed by atoms with van der Waals surface area (Å²) in [6.45, 7) is 8.39. The zero-order valence-electron chi connectivity index (χ0n) is 12.1. The molecule has 4 heteroatoms. The van der Waals surface area contributed by atoms with Gasteiger partial charge in [-0.2, -0.15) is 0 Å².